The average molecular weight is 816 g/mol. The predicted molar refractivity (Wildman–Crippen MR) is 268 cm³/mol. The van der Waals surface area contributed by atoms with Crippen LogP contribution < -0.4 is 0 Å². The number of hydrogen-bond acceptors (Lipinski definition) is 1. The standard InChI is InChI=1S/C61H41N3/c1-3-17-45(18-4-1)58-41-61(46-32-30-43(31-33-46)51-28-15-19-42-16-7-8-22-50(42)51)64(62-58)49-37-34-44(35-38-49)52-23-9-11-25-54(52)55-26-12-10-24-53(55)47-36-39-60-57(40-47)56-27-13-14-29-59(56)63(60)48-20-5-2-6-21-48/h1-41H. The van der Waals surface area contributed by atoms with E-state index >= 15 is 0 Å². The highest BCUT2D eigenvalue weighted by Crippen LogP contribution is 2.41. The van der Waals surface area contributed by atoms with Crippen molar-refractivity contribution in [2.45, 2.75) is 0 Å². The molecule has 0 spiro atoms. The number of fused-ring (bicyclic) bond motifs is 4. The van der Waals surface area contributed by atoms with Gasteiger partial charge in [0.2, 0.25) is 0 Å². The largest absolute Gasteiger partial charge is 0.309 e. The quantitative estimate of drug-likeness (QED) is 0.150. The summed E-state index contributed by atoms with van der Waals surface area (Å²) in [6.07, 6.45) is 0. The fourth-order valence-corrected chi connectivity index (χ4v) is 9.55. The van der Waals surface area contributed by atoms with Crippen molar-refractivity contribution in [3.05, 3.63) is 249 Å². The van der Waals surface area contributed by atoms with Crippen molar-refractivity contribution in [3.8, 4) is 78.4 Å². The minimum atomic E-state index is 0.933. The maximum atomic E-state index is 5.24. The maximum absolute atomic E-state index is 5.24. The average Bonchev–Trinajstić information content (AvgIpc) is 3.97. The molecule has 2 aromatic heterocycles. The van der Waals surface area contributed by atoms with Crippen LogP contribution in [0.5, 0.6) is 0 Å². The van der Waals surface area contributed by atoms with Crippen LogP contribution in [-0.2, 0) is 0 Å². The molecule has 0 fully saturated rings. The van der Waals surface area contributed by atoms with Gasteiger partial charge < -0.3 is 4.57 Å². The lowest BCUT2D eigenvalue weighted by atomic mass is 9.89. The lowest BCUT2D eigenvalue weighted by molar-refractivity contribution is 0.892. The molecular formula is C61H41N3. The zero-order valence-corrected chi connectivity index (χ0v) is 35.0. The number of para-hydroxylation sites is 2. The Kier molecular flexibility index (Phi) is 9.16. The molecule has 12 aromatic rings. The van der Waals surface area contributed by atoms with E-state index in [9.17, 15) is 0 Å². The second kappa shape index (κ2) is 15.7. The van der Waals surface area contributed by atoms with Crippen LogP contribution in [-0.4, -0.2) is 14.3 Å². The normalized spacial score (nSPS) is 11.4. The van der Waals surface area contributed by atoms with Gasteiger partial charge in [-0.2, -0.15) is 5.10 Å². The molecule has 2 heterocycles. The summed E-state index contributed by atoms with van der Waals surface area (Å²) >= 11 is 0. The molecule has 10 aromatic carbocycles. The smallest absolute Gasteiger partial charge is 0.0934 e. The lowest BCUT2D eigenvalue weighted by Crippen LogP contribution is -1.99. The minimum absolute atomic E-state index is 0.933. The molecule has 0 saturated heterocycles. The molecule has 300 valence electrons. The van der Waals surface area contributed by atoms with Gasteiger partial charge in [0.15, 0.2) is 0 Å². The number of aromatic nitrogens is 3. The SMILES string of the molecule is c1ccc(-c2cc(-c3ccc(-c4cccc5ccccc45)cc3)n(-c3ccc(-c4ccccc4-c4ccccc4-c4ccc5c(c4)c4ccccc4n5-c4ccccc4)cc3)n2)cc1. The monoisotopic (exact) mass is 815 g/mol. The van der Waals surface area contributed by atoms with Gasteiger partial charge in [-0.3, -0.25) is 0 Å². The molecule has 0 atom stereocenters. The van der Waals surface area contributed by atoms with Gasteiger partial charge in [0.1, 0.15) is 0 Å². The van der Waals surface area contributed by atoms with Gasteiger partial charge in [-0.05, 0) is 104 Å². The summed E-state index contributed by atoms with van der Waals surface area (Å²) < 4.78 is 4.46. The Labute approximate surface area is 372 Å². The highest BCUT2D eigenvalue weighted by atomic mass is 15.3. The van der Waals surface area contributed by atoms with Crippen LogP contribution in [0.3, 0.4) is 0 Å². The molecule has 0 aliphatic rings. The van der Waals surface area contributed by atoms with E-state index in [1.54, 1.807) is 0 Å². The molecule has 64 heavy (non-hydrogen) atoms. The topological polar surface area (TPSA) is 22.8 Å². The van der Waals surface area contributed by atoms with E-state index in [0.29, 0.717) is 0 Å². The Morgan fingerprint density at radius 3 is 1.55 bits per heavy atom. The van der Waals surface area contributed by atoms with Crippen LogP contribution in [0.25, 0.3) is 111 Å². The van der Waals surface area contributed by atoms with Crippen LogP contribution >= 0.6 is 0 Å². The Bertz CT molecular complexity index is 3630. The third-order valence-corrected chi connectivity index (χ3v) is 12.6. The molecule has 0 saturated carbocycles. The molecule has 0 aliphatic carbocycles. The van der Waals surface area contributed by atoms with Crippen molar-refractivity contribution in [2.24, 2.45) is 0 Å². The first-order chi connectivity index (χ1) is 31.7. The minimum Gasteiger partial charge on any atom is -0.309 e. The van der Waals surface area contributed by atoms with Crippen LogP contribution in [0.1, 0.15) is 0 Å². The second-order valence-electron chi connectivity index (χ2n) is 16.4. The first-order valence-corrected chi connectivity index (χ1v) is 21.9. The lowest BCUT2D eigenvalue weighted by Gasteiger charge is -2.16. The third-order valence-electron chi connectivity index (χ3n) is 12.6. The van der Waals surface area contributed by atoms with Gasteiger partial charge in [-0.25, -0.2) is 4.68 Å². The zero-order valence-electron chi connectivity index (χ0n) is 35.0. The highest BCUT2D eigenvalue weighted by Gasteiger charge is 2.18. The fraction of sp³-hybridized carbons (Fsp3) is 0. The summed E-state index contributed by atoms with van der Waals surface area (Å²) in [5, 5.41) is 10.2. The number of benzene rings is 10. The van der Waals surface area contributed by atoms with E-state index in [-0.39, 0.29) is 0 Å². The number of nitrogens with zero attached hydrogens (tertiary/aromatic N) is 3. The van der Waals surface area contributed by atoms with E-state index in [4.69, 9.17) is 5.10 Å². The summed E-state index contributed by atoms with van der Waals surface area (Å²) in [5.74, 6) is 0. The maximum Gasteiger partial charge on any atom is 0.0934 e. The van der Waals surface area contributed by atoms with Crippen molar-refractivity contribution in [2.75, 3.05) is 0 Å². The van der Waals surface area contributed by atoms with Gasteiger partial charge in [-0.1, -0.05) is 200 Å². The first kappa shape index (κ1) is 37.2. The molecule has 0 bridgehead atoms. The summed E-state index contributed by atoms with van der Waals surface area (Å²) in [4.78, 5) is 0. The zero-order chi connectivity index (χ0) is 42.4. The fourth-order valence-electron chi connectivity index (χ4n) is 9.55. The number of hydrogen-bond donors (Lipinski definition) is 0. The molecule has 3 heteroatoms. The van der Waals surface area contributed by atoms with Crippen LogP contribution in [0.2, 0.25) is 0 Å². The van der Waals surface area contributed by atoms with Crippen LogP contribution in [0.15, 0.2) is 249 Å². The van der Waals surface area contributed by atoms with Gasteiger partial charge in [0, 0.05) is 27.6 Å². The Hall–Kier alpha value is -8.53. The molecular weight excluding hydrogens is 775 g/mol. The van der Waals surface area contributed by atoms with Gasteiger partial charge in [0.25, 0.3) is 0 Å². The second-order valence-corrected chi connectivity index (χ2v) is 16.4. The summed E-state index contributed by atoms with van der Waals surface area (Å²) in [5.41, 5.74) is 18.2. The van der Waals surface area contributed by atoms with Crippen LogP contribution in [0, 0.1) is 0 Å². The Balaban J connectivity index is 0.918. The van der Waals surface area contributed by atoms with Crippen molar-refractivity contribution >= 4 is 32.6 Å². The molecule has 0 N–H and O–H groups in total. The molecule has 0 radical (unpaired) electrons. The summed E-state index contributed by atoms with van der Waals surface area (Å²) in [6, 6.07) is 89.4. The third kappa shape index (κ3) is 6.50. The summed E-state index contributed by atoms with van der Waals surface area (Å²) in [6.45, 7) is 0. The van der Waals surface area contributed by atoms with Gasteiger partial charge >= 0.3 is 0 Å². The van der Waals surface area contributed by atoms with E-state index in [0.717, 1.165) is 39.5 Å². The first-order valence-electron chi connectivity index (χ1n) is 21.9. The molecule has 0 unspecified atom stereocenters. The highest BCUT2D eigenvalue weighted by molar-refractivity contribution is 6.11. The molecule has 0 aliphatic heterocycles. The van der Waals surface area contributed by atoms with Gasteiger partial charge in [0.05, 0.1) is 28.1 Å². The van der Waals surface area contributed by atoms with Gasteiger partial charge in [-0.15, -0.1) is 0 Å². The van der Waals surface area contributed by atoms with E-state index in [2.05, 4.69) is 252 Å². The molecule has 12 rings (SSSR count). The van der Waals surface area contributed by atoms with E-state index in [1.807, 2.05) is 6.07 Å². The Morgan fingerprint density at radius 1 is 0.281 bits per heavy atom. The van der Waals surface area contributed by atoms with E-state index < -0.39 is 0 Å². The van der Waals surface area contributed by atoms with Crippen LogP contribution in [0.4, 0.5) is 0 Å². The predicted octanol–water partition coefficient (Wildman–Crippen LogP) is 16.1. The molecule has 3 nitrogen and oxygen atoms in total. The van der Waals surface area contributed by atoms with Crippen molar-refractivity contribution in [3.63, 3.8) is 0 Å². The number of rotatable bonds is 8. The summed E-state index contributed by atoms with van der Waals surface area (Å²) in [7, 11) is 0. The Morgan fingerprint density at radius 2 is 0.797 bits per heavy atom. The van der Waals surface area contributed by atoms with Crippen molar-refractivity contribution in [1.82, 2.24) is 14.3 Å². The van der Waals surface area contributed by atoms with Crippen molar-refractivity contribution < 1.29 is 0 Å². The van der Waals surface area contributed by atoms with Crippen molar-refractivity contribution in [1.29, 1.82) is 0 Å². The van der Waals surface area contributed by atoms with E-state index in [1.165, 1.54) is 71.5 Å². The molecule has 0 amide bonds.